The van der Waals surface area contributed by atoms with Crippen molar-refractivity contribution >= 4 is 34.5 Å². The monoisotopic (exact) mass is 213 g/mol. The molecule has 1 aromatic heterocycles. The van der Waals surface area contributed by atoms with Crippen LogP contribution in [-0.2, 0) is 0 Å². The lowest BCUT2D eigenvalue weighted by atomic mass is 10.3. The number of rotatable bonds is 3. The Kier molecular flexibility index (Phi) is 2.76. The number of nitrogens with zero attached hydrogens (tertiary/aromatic N) is 1. The molecule has 0 unspecified atom stereocenters. The summed E-state index contributed by atoms with van der Waals surface area (Å²) in [5, 5.41) is 0.696. The number of alkyl halides is 1. The second-order valence-electron chi connectivity index (χ2n) is 2.48. The second kappa shape index (κ2) is 4.03. The third-order valence-corrected chi connectivity index (χ3v) is 2.82. The molecular weight excluding hydrogens is 206 g/mol. The maximum absolute atomic E-state index is 5.56. The van der Waals surface area contributed by atoms with Gasteiger partial charge in [0.05, 0.1) is 0 Å². The minimum Gasteiger partial charge on any atom is -0.431 e. The van der Waals surface area contributed by atoms with Gasteiger partial charge in [0, 0.05) is 11.6 Å². The SMILES string of the molecule is ClCCSc1nc2ccccc2o1. The van der Waals surface area contributed by atoms with Crippen LogP contribution in [0.25, 0.3) is 11.1 Å². The van der Waals surface area contributed by atoms with Crippen LogP contribution in [0.2, 0.25) is 0 Å². The highest BCUT2D eigenvalue weighted by Crippen LogP contribution is 2.22. The summed E-state index contributed by atoms with van der Waals surface area (Å²) in [5.41, 5.74) is 1.74. The summed E-state index contributed by atoms with van der Waals surface area (Å²) in [6.07, 6.45) is 0. The lowest BCUT2D eigenvalue weighted by Crippen LogP contribution is -1.77. The van der Waals surface area contributed by atoms with Crippen molar-refractivity contribution in [3.05, 3.63) is 24.3 Å². The Morgan fingerprint density at radius 1 is 1.38 bits per heavy atom. The maximum atomic E-state index is 5.56. The number of para-hydroxylation sites is 2. The van der Waals surface area contributed by atoms with Gasteiger partial charge in [-0.25, -0.2) is 4.98 Å². The molecule has 0 fully saturated rings. The van der Waals surface area contributed by atoms with Crippen LogP contribution in [0.5, 0.6) is 0 Å². The first-order valence-corrected chi connectivity index (χ1v) is 5.46. The Hall–Kier alpha value is -0.670. The van der Waals surface area contributed by atoms with Crippen LogP contribution < -0.4 is 0 Å². The summed E-state index contributed by atoms with van der Waals surface area (Å²) in [6, 6.07) is 7.72. The van der Waals surface area contributed by atoms with Gasteiger partial charge in [-0.1, -0.05) is 23.9 Å². The zero-order chi connectivity index (χ0) is 9.10. The number of aromatic nitrogens is 1. The van der Waals surface area contributed by atoms with Crippen molar-refractivity contribution in [1.82, 2.24) is 4.98 Å². The van der Waals surface area contributed by atoms with Gasteiger partial charge in [0.15, 0.2) is 5.58 Å². The largest absolute Gasteiger partial charge is 0.431 e. The molecule has 1 aromatic carbocycles. The number of hydrogen-bond donors (Lipinski definition) is 0. The summed E-state index contributed by atoms with van der Waals surface area (Å²) < 4.78 is 5.46. The lowest BCUT2D eigenvalue weighted by Gasteiger charge is -1.87. The highest BCUT2D eigenvalue weighted by molar-refractivity contribution is 7.99. The average Bonchev–Trinajstić information content (AvgIpc) is 2.57. The molecule has 68 valence electrons. The maximum Gasteiger partial charge on any atom is 0.256 e. The van der Waals surface area contributed by atoms with Gasteiger partial charge in [-0.2, -0.15) is 0 Å². The molecule has 0 amide bonds. The second-order valence-corrected chi connectivity index (χ2v) is 3.91. The van der Waals surface area contributed by atoms with Gasteiger partial charge in [0.25, 0.3) is 5.22 Å². The molecule has 1 heterocycles. The Bertz CT molecular complexity index is 368. The normalized spacial score (nSPS) is 10.8. The van der Waals surface area contributed by atoms with E-state index in [1.54, 1.807) is 0 Å². The van der Waals surface area contributed by atoms with Crippen molar-refractivity contribution in [3.8, 4) is 0 Å². The Morgan fingerprint density at radius 2 is 2.23 bits per heavy atom. The van der Waals surface area contributed by atoms with Gasteiger partial charge in [0.2, 0.25) is 0 Å². The van der Waals surface area contributed by atoms with E-state index in [1.807, 2.05) is 24.3 Å². The van der Waals surface area contributed by atoms with Crippen LogP contribution in [0, 0.1) is 0 Å². The van der Waals surface area contributed by atoms with Crippen LogP contribution in [0.15, 0.2) is 33.9 Å². The minimum absolute atomic E-state index is 0.614. The number of halogens is 1. The van der Waals surface area contributed by atoms with Crippen molar-refractivity contribution < 1.29 is 4.42 Å². The van der Waals surface area contributed by atoms with Crippen molar-refractivity contribution in [2.75, 3.05) is 11.6 Å². The van der Waals surface area contributed by atoms with Crippen LogP contribution >= 0.6 is 23.4 Å². The third kappa shape index (κ3) is 1.98. The van der Waals surface area contributed by atoms with Gasteiger partial charge < -0.3 is 4.42 Å². The minimum atomic E-state index is 0.614. The third-order valence-electron chi connectivity index (χ3n) is 1.58. The molecule has 0 aliphatic rings. The summed E-state index contributed by atoms with van der Waals surface area (Å²) >= 11 is 7.10. The number of hydrogen-bond acceptors (Lipinski definition) is 3. The molecule has 0 aliphatic carbocycles. The fourth-order valence-corrected chi connectivity index (χ4v) is 1.83. The molecule has 0 saturated carbocycles. The first kappa shape index (κ1) is 8.91. The molecule has 13 heavy (non-hydrogen) atoms. The molecule has 0 atom stereocenters. The molecule has 0 saturated heterocycles. The van der Waals surface area contributed by atoms with E-state index in [0.29, 0.717) is 11.1 Å². The van der Waals surface area contributed by atoms with Gasteiger partial charge in [0.1, 0.15) is 5.52 Å². The van der Waals surface area contributed by atoms with Crippen molar-refractivity contribution in [1.29, 1.82) is 0 Å². The highest BCUT2D eigenvalue weighted by Gasteiger charge is 2.03. The number of thioether (sulfide) groups is 1. The van der Waals surface area contributed by atoms with Crippen molar-refractivity contribution in [2.24, 2.45) is 0 Å². The first-order chi connectivity index (χ1) is 6.40. The fraction of sp³-hybridized carbons (Fsp3) is 0.222. The lowest BCUT2D eigenvalue weighted by molar-refractivity contribution is 0.489. The zero-order valence-electron chi connectivity index (χ0n) is 6.87. The smallest absolute Gasteiger partial charge is 0.256 e. The Balaban J connectivity index is 2.28. The fourth-order valence-electron chi connectivity index (χ4n) is 1.04. The number of fused-ring (bicyclic) bond motifs is 1. The molecule has 0 aliphatic heterocycles. The van der Waals surface area contributed by atoms with Crippen LogP contribution in [0.3, 0.4) is 0 Å². The molecule has 2 nitrogen and oxygen atoms in total. The Morgan fingerprint density at radius 3 is 3.00 bits per heavy atom. The Labute approximate surface area is 85.3 Å². The topological polar surface area (TPSA) is 26.0 Å². The molecule has 0 N–H and O–H groups in total. The first-order valence-electron chi connectivity index (χ1n) is 3.94. The summed E-state index contributed by atoms with van der Waals surface area (Å²) in [6.45, 7) is 0. The summed E-state index contributed by atoms with van der Waals surface area (Å²) in [4.78, 5) is 4.29. The van der Waals surface area contributed by atoms with Crippen molar-refractivity contribution in [2.45, 2.75) is 5.22 Å². The molecule has 0 spiro atoms. The number of oxazole rings is 1. The average molecular weight is 214 g/mol. The standard InChI is InChI=1S/C9H8ClNOS/c10-5-6-13-9-11-7-3-1-2-4-8(7)12-9/h1-4H,5-6H2. The van der Waals surface area contributed by atoms with E-state index in [2.05, 4.69) is 4.98 Å². The van der Waals surface area contributed by atoms with E-state index in [-0.39, 0.29) is 0 Å². The highest BCUT2D eigenvalue weighted by atomic mass is 35.5. The van der Waals surface area contributed by atoms with E-state index in [0.717, 1.165) is 16.9 Å². The summed E-state index contributed by atoms with van der Waals surface area (Å²) in [5.74, 6) is 1.44. The molecular formula is C9H8ClNOS. The van der Waals surface area contributed by atoms with Gasteiger partial charge in [-0.15, -0.1) is 11.6 Å². The van der Waals surface area contributed by atoms with E-state index >= 15 is 0 Å². The summed E-state index contributed by atoms with van der Waals surface area (Å²) in [7, 11) is 0. The van der Waals surface area contributed by atoms with E-state index < -0.39 is 0 Å². The van der Waals surface area contributed by atoms with E-state index in [9.17, 15) is 0 Å². The quantitative estimate of drug-likeness (QED) is 0.579. The van der Waals surface area contributed by atoms with Gasteiger partial charge >= 0.3 is 0 Å². The van der Waals surface area contributed by atoms with Crippen molar-refractivity contribution in [3.63, 3.8) is 0 Å². The van der Waals surface area contributed by atoms with E-state index in [1.165, 1.54) is 11.8 Å². The van der Waals surface area contributed by atoms with Crippen LogP contribution in [-0.4, -0.2) is 16.6 Å². The molecule has 2 rings (SSSR count). The van der Waals surface area contributed by atoms with E-state index in [4.69, 9.17) is 16.0 Å². The number of benzene rings is 1. The zero-order valence-corrected chi connectivity index (χ0v) is 8.44. The predicted octanol–water partition coefficient (Wildman–Crippen LogP) is 3.16. The molecule has 4 heteroatoms. The van der Waals surface area contributed by atoms with Crippen LogP contribution in [0.1, 0.15) is 0 Å². The van der Waals surface area contributed by atoms with Crippen LogP contribution in [0.4, 0.5) is 0 Å². The predicted molar refractivity (Wildman–Crippen MR) is 55.5 cm³/mol. The van der Waals surface area contributed by atoms with Gasteiger partial charge in [-0.05, 0) is 12.1 Å². The molecule has 0 radical (unpaired) electrons. The molecule has 2 aromatic rings. The molecule has 0 bridgehead atoms. The van der Waals surface area contributed by atoms with Gasteiger partial charge in [-0.3, -0.25) is 0 Å².